The highest BCUT2D eigenvalue weighted by molar-refractivity contribution is 5.89. The summed E-state index contributed by atoms with van der Waals surface area (Å²) in [5, 5.41) is 12.4. The lowest BCUT2D eigenvalue weighted by atomic mass is 10.1. The van der Waals surface area contributed by atoms with Gasteiger partial charge in [-0.15, -0.1) is 0 Å². The molecule has 1 heterocycles. The Morgan fingerprint density at radius 3 is 2.88 bits per heavy atom. The van der Waals surface area contributed by atoms with E-state index in [1.54, 1.807) is 25.1 Å². The number of carboxylic acids is 1. The number of aromatic nitrogens is 1. The van der Waals surface area contributed by atoms with Gasteiger partial charge in [-0.1, -0.05) is 5.16 Å². The summed E-state index contributed by atoms with van der Waals surface area (Å²) in [4.78, 5) is 10.8. The molecule has 5 nitrogen and oxygen atoms in total. The zero-order chi connectivity index (χ0) is 12.3. The average Bonchev–Trinajstić information content (AvgIpc) is 2.78. The van der Waals surface area contributed by atoms with E-state index in [1.807, 2.05) is 0 Å². The molecule has 0 spiro atoms. The predicted octanol–water partition coefficient (Wildman–Crippen LogP) is 2.26. The molecule has 1 N–H and O–H groups in total. The van der Waals surface area contributed by atoms with Crippen molar-refractivity contribution in [1.82, 2.24) is 5.16 Å². The minimum absolute atomic E-state index is 0.270. The van der Waals surface area contributed by atoms with E-state index >= 15 is 0 Å². The minimum Gasteiger partial charge on any atom is -0.486 e. The topological polar surface area (TPSA) is 72.6 Å². The molecule has 5 heteroatoms. The lowest BCUT2D eigenvalue weighted by molar-refractivity contribution is 0.0696. The van der Waals surface area contributed by atoms with Gasteiger partial charge in [-0.3, -0.25) is 0 Å². The van der Waals surface area contributed by atoms with Crippen molar-refractivity contribution in [2.24, 2.45) is 0 Å². The van der Waals surface area contributed by atoms with Crippen LogP contribution < -0.4 is 4.74 Å². The summed E-state index contributed by atoms with van der Waals surface area (Å²) < 4.78 is 10.3. The number of carbonyl (C=O) groups is 1. The number of hydrogen-bond donors (Lipinski definition) is 1. The molecule has 0 radical (unpaired) electrons. The van der Waals surface area contributed by atoms with Gasteiger partial charge in [-0.2, -0.15) is 0 Å². The van der Waals surface area contributed by atoms with Crippen LogP contribution in [0.4, 0.5) is 0 Å². The molecule has 0 aliphatic carbocycles. The third-order valence-corrected chi connectivity index (χ3v) is 2.30. The molecule has 0 bridgehead atoms. The Hall–Kier alpha value is -2.30. The molecule has 2 aromatic rings. The fourth-order valence-corrected chi connectivity index (χ4v) is 1.44. The minimum atomic E-state index is -0.940. The van der Waals surface area contributed by atoms with Crippen LogP contribution >= 0.6 is 0 Å². The third kappa shape index (κ3) is 2.63. The van der Waals surface area contributed by atoms with Gasteiger partial charge in [0.15, 0.2) is 5.76 Å². The van der Waals surface area contributed by atoms with E-state index in [9.17, 15) is 4.79 Å². The van der Waals surface area contributed by atoms with Gasteiger partial charge in [0.2, 0.25) is 0 Å². The quantitative estimate of drug-likeness (QED) is 0.876. The van der Waals surface area contributed by atoms with Crippen molar-refractivity contribution in [1.29, 1.82) is 0 Å². The zero-order valence-electron chi connectivity index (χ0n) is 9.21. The summed E-state index contributed by atoms with van der Waals surface area (Å²) in [6.45, 7) is 2.00. The molecular weight excluding hydrogens is 222 g/mol. The molecule has 0 amide bonds. The maximum atomic E-state index is 10.8. The van der Waals surface area contributed by atoms with E-state index in [1.165, 1.54) is 12.3 Å². The Bertz CT molecular complexity index is 519. The van der Waals surface area contributed by atoms with Crippen molar-refractivity contribution in [3.63, 3.8) is 0 Å². The highest BCUT2D eigenvalue weighted by Gasteiger charge is 2.08. The Labute approximate surface area is 97.6 Å². The molecule has 0 fully saturated rings. The van der Waals surface area contributed by atoms with Crippen LogP contribution in [0.1, 0.15) is 21.7 Å². The number of ether oxygens (including phenoxy) is 1. The molecule has 88 valence electrons. The molecule has 0 atom stereocenters. The standard InChI is InChI=1S/C12H11NO4/c1-8-6-9(2-3-11(8)12(14)15)16-7-10-4-5-13-17-10/h2-6H,7H2,1H3,(H,14,15). The van der Waals surface area contributed by atoms with Crippen LogP contribution in [0.3, 0.4) is 0 Å². The van der Waals surface area contributed by atoms with E-state index in [4.69, 9.17) is 14.4 Å². The molecule has 0 saturated heterocycles. The van der Waals surface area contributed by atoms with Crippen LogP contribution in [0.2, 0.25) is 0 Å². The molecule has 1 aromatic carbocycles. The normalized spacial score (nSPS) is 10.2. The number of nitrogens with zero attached hydrogens (tertiary/aromatic N) is 1. The van der Waals surface area contributed by atoms with Crippen molar-refractivity contribution in [3.05, 3.63) is 47.3 Å². The first-order chi connectivity index (χ1) is 8.16. The number of rotatable bonds is 4. The van der Waals surface area contributed by atoms with Gasteiger partial charge in [-0.25, -0.2) is 4.79 Å². The molecule has 2 rings (SSSR count). The summed E-state index contributed by atoms with van der Waals surface area (Å²) in [6, 6.07) is 6.53. The largest absolute Gasteiger partial charge is 0.486 e. The van der Waals surface area contributed by atoms with E-state index in [2.05, 4.69) is 5.16 Å². The highest BCUT2D eigenvalue weighted by atomic mass is 16.5. The van der Waals surface area contributed by atoms with Crippen LogP contribution in [-0.4, -0.2) is 16.2 Å². The van der Waals surface area contributed by atoms with Gasteiger partial charge in [0, 0.05) is 6.07 Å². The first kappa shape index (κ1) is 11.2. The van der Waals surface area contributed by atoms with Crippen LogP contribution in [0, 0.1) is 6.92 Å². The molecule has 0 aliphatic heterocycles. The Morgan fingerprint density at radius 1 is 1.47 bits per heavy atom. The van der Waals surface area contributed by atoms with Gasteiger partial charge in [0.25, 0.3) is 0 Å². The Balaban J connectivity index is 2.07. The van der Waals surface area contributed by atoms with Crippen molar-refractivity contribution >= 4 is 5.97 Å². The smallest absolute Gasteiger partial charge is 0.335 e. The van der Waals surface area contributed by atoms with E-state index < -0.39 is 5.97 Å². The second-order valence-electron chi connectivity index (χ2n) is 3.55. The fourth-order valence-electron chi connectivity index (χ4n) is 1.44. The fraction of sp³-hybridized carbons (Fsp3) is 0.167. The lowest BCUT2D eigenvalue weighted by Gasteiger charge is -2.06. The van der Waals surface area contributed by atoms with E-state index in [0.717, 1.165) is 0 Å². The van der Waals surface area contributed by atoms with E-state index in [-0.39, 0.29) is 12.2 Å². The van der Waals surface area contributed by atoms with Crippen molar-refractivity contribution in [2.45, 2.75) is 13.5 Å². The molecule has 0 aliphatic rings. The van der Waals surface area contributed by atoms with Gasteiger partial charge >= 0.3 is 5.97 Å². The second kappa shape index (κ2) is 4.69. The Morgan fingerprint density at radius 2 is 2.29 bits per heavy atom. The van der Waals surface area contributed by atoms with Crippen LogP contribution in [0.15, 0.2) is 35.0 Å². The van der Waals surface area contributed by atoms with Gasteiger partial charge in [0.05, 0.1) is 11.8 Å². The van der Waals surface area contributed by atoms with Crippen LogP contribution in [0.25, 0.3) is 0 Å². The van der Waals surface area contributed by atoms with Crippen LogP contribution in [-0.2, 0) is 6.61 Å². The maximum Gasteiger partial charge on any atom is 0.335 e. The zero-order valence-corrected chi connectivity index (χ0v) is 9.21. The average molecular weight is 233 g/mol. The van der Waals surface area contributed by atoms with E-state index in [0.29, 0.717) is 17.1 Å². The lowest BCUT2D eigenvalue weighted by Crippen LogP contribution is -2.00. The van der Waals surface area contributed by atoms with Crippen LogP contribution in [0.5, 0.6) is 5.75 Å². The van der Waals surface area contributed by atoms with Crippen molar-refractivity contribution in [2.75, 3.05) is 0 Å². The number of aryl methyl sites for hydroxylation is 1. The monoisotopic (exact) mass is 233 g/mol. The summed E-state index contributed by atoms with van der Waals surface area (Å²) in [7, 11) is 0. The van der Waals surface area contributed by atoms with Crippen molar-refractivity contribution in [3.8, 4) is 5.75 Å². The van der Waals surface area contributed by atoms with Gasteiger partial charge < -0.3 is 14.4 Å². The molecular formula is C12H11NO4. The predicted molar refractivity (Wildman–Crippen MR) is 59.0 cm³/mol. The van der Waals surface area contributed by atoms with Gasteiger partial charge in [-0.05, 0) is 30.7 Å². The third-order valence-electron chi connectivity index (χ3n) is 2.30. The number of hydrogen-bond acceptors (Lipinski definition) is 4. The maximum absolute atomic E-state index is 10.8. The first-order valence-electron chi connectivity index (χ1n) is 5.03. The van der Waals surface area contributed by atoms with Crippen molar-refractivity contribution < 1.29 is 19.2 Å². The number of aromatic carboxylic acids is 1. The first-order valence-corrected chi connectivity index (χ1v) is 5.03. The molecule has 0 unspecified atom stereocenters. The highest BCUT2D eigenvalue weighted by Crippen LogP contribution is 2.18. The summed E-state index contributed by atoms with van der Waals surface area (Å²) >= 11 is 0. The summed E-state index contributed by atoms with van der Waals surface area (Å²) in [5.74, 6) is 0.276. The number of carboxylic acid groups (broad SMARTS) is 1. The molecule has 0 saturated carbocycles. The Kier molecular flexibility index (Phi) is 3.09. The number of benzene rings is 1. The summed E-state index contributed by atoms with van der Waals surface area (Å²) in [6.07, 6.45) is 1.54. The van der Waals surface area contributed by atoms with Gasteiger partial charge in [0.1, 0.15) is 12.4 Å². The summed E-state index contributed by atoms with van der Waals surface area (Å²) in [5.41, 5.74) is 0.935. The molecule has 1 aromatic heterocycles. The molecule has 17 heavy (non-hydrogen) atoms. The second-order valence-corrected chi connectivity index (χ2v) is 3.55. The SMILES string of the molecule is Cc1cc(OCc2ccno2)ccc1C(=O)O.